The van der Waals surface area contributed by atoms with Gasteiger partial charge in [-0.3, -0.25) is 9.69 Å². The fourth-order valence-electron chi connectivity index (χ4n) is 2.95. The van der Waals surface area contributed by atoms with Gasteiger partial charge in [-0.1, -0.05) is 0 Å². The number of aliphatic hydroxyl groups excluding tert-OH is 1. The first kappa shape index (κ1) is 13.2. The SMILES string of the molecule is CN1CCC[C@@H]1c1cc2c([nH]1)C=C(NC(=O)CO)NC2. The molecule has 0 unspecified atom stereocenters. The van der Waals surface area contributed by atoms with Crippen LogP contribution in [-0.4, -0.2) is 41.1 Å². The van der Waals surface area contributed by atoms with Crippen LogP contribution < -0.4 is 10.6 Å². The summed E-state index contributed by atoms with van der Waals surface area (Å²) in [6.07, 6.45) is 4.29. The van der Waals surface area contributed by atoms with Crippen molar-refractivity contribution in [2.75, 3.05) is 20.2 Å². The van der Waals surface area contributed by atoms with Gasteiger partial charge >= 0.3 is 0 Å². The molecule has 0 aromatic carbocycles. The van der Waals surface area contributed by atoms with Gasteiger partial charge < -0.3 is 20.7 Å². The van der Waals surface area contributed by atoms with Gasteiger partial charge in [0.2, 0.25) is 0 Å². The third kappa shape index (κ3) is 2.44. The van der Waals surface area contributed by atoms with Crippen LogP contribution in [-0.2, 0) is 11.3 Å². The summed E-state index contributed by atoms with van der Waals surface area (Å²) in [6, 6.07) is 2.67. The maximum Gasteiger partial charge on any atom is 0.251 e. The Labute approximate surface area is 117 Å². The number of aliphatic hydroxyl groups is 1. The first-order chi connectivity index (χ1) is 9.67. The van der Waals surface area contributed by atoms with Crippen LogP contribution in [0.3, 0.4) is 0 Å². The molecule has 1 fully saturated rings. The number of hydrogen-bond donors (Lipinski definition) is 4. The lowest BCUT2D eigenvalue weighted by atomic mass is 10.1. The van der Waals surface area contributed by atoms with E-state index < -0.39 is 12.5 Å². The van der Waals surface area contributed by atoms with E-state index in [0.29, 0.717) is 18.4 Å². The zero-order valence-corrected chi connectivity index (χ0v) is 11.6. The van der Waals surface area contributed by atoms with Crippen molar-refractivity contribution in [3.8, 4) is 0 Å². The molecule has 2 aliphatic rings. The molecular formula is C14H20N4O2. The molecule has 1 aromatic rings. The number of aromatic nitrogens is 1. The van der Waals surface area contributed by atoms with E-state index in [1.165, 1.54) is 24.1 Å². The highest BCUT2D eigenvalue weighted by molar-refractivity contribution is 5.80. The van der Waals surface area contributed by atoms with Crippen LogP contribution in [0.1, 0.15) is 35.8 Å². The Morgan fingerprint density at radius 1 is 1.60 bits per heavy atom. The van der Waals surface area contributed by atoms with Crippen molar-refractivity contribution in [2.45, 2.75) is 25.4 Å². The van der Waals surface area contributed by atoms with Crippen molar-refractivity contribution in [2.24, 2.45) is 0 Å². The van der Waals surface area contributed by atoms with Gasteiger partial charge in [-0.25, -0.2) is 0 Å². The molecule has 0 saturated carbocycles. The molecule has 108 valence electrons. The smallest absolute Gasteiger partial charge is 0.251 e. The minimum absolute atomic E-state index is 0.408. The van der Waals surface area contributed by atoms with Gasteiger partial charge in [-0.2, -0.15) is 0 Å². The number of hydrogen-bond acceptors (Lipinski definition) is 4. The Bertz CT molecular complexity index is 549. The number of aromatic amines is 1. The fraction of sp³-hybridized carbons (Fsp3) is 0.500. The van der Waals surface area contributed by atoms with Crippen LogP contribution >= 0.6 is 0 Å². The monoisotopic (exact) mass is 276 g/mol. The molecule has 20 heavy (non-hydrogen) atoms. The van der Waals surface area contributed by atoms with Crippen molar-refractivity contribution in [1.82, 2.24) is 20.5 Å². The highest BCUT2D eigenvalue weighted by Gasteiger charge is 2.25. The molecule has 3 rings (SSSR count). The van der Waals surface area contributed by atoms with Crippen LogP contribution in [0.15, 0.2) is 11.9 Å². The zero-order valence-electron chi connectivity index (χ0n) is 11.6. The van der Waals surface area contributed by atoms with Crippen LogP contribution in [0.4, 0.5) is 0 Å². The summed E-state index contributed by atoms with van der Waals surface area (Å²) < 4.78 is 0. The summed E-state index contributed by atoms with van der Waals surface area (Å²) in [5.74, 6) is 0.222. The predicted molar refractivity (Wildman–Crippen MR) is 75.4 cm³/mol. The van der Waals surface area contributed by atoms with Gasteiger partial charge in [0, 0.05) is 30.1 Å². The number of nitrogens with zero attached hydrogens (tertiary/aromatic N) is 1. The first-order valence-corrected chi connectivity index (χ1v) is 6.95. The van der Waals surface area contributed by atoms with Crippen LogP contribution in [0.2, 0.25) is 0 Å². The average molecular weight is 276 g/mol. The lowest BCUT2D eigenvalue weighted by Gasteiger charge is -2.17. The Hall–Kier alpha value is -1.79. The summed E-state index contributed by atoms with van der Waals surface area (Å²) in [7, 11) is 2.15. The molecule has 6 nitrogen and oxygen atoms in total. The van der Waals surface area contributed by atoms with E-state index in [9.17, 15) is 4.79 Å². The summed E-state index contributed by atoms with van der Waals surface area (Å²) >= 11 is 0. The molecule has 6 heteroatoms. The number of likely N-dealkylation sites (tertiary alicyclic amines) is 1. The van der Waals surface area contributed by atoms with Crippen molar-refractivity contribution in [3.63, 3.8) is 0 Å². The second kappa shape index (κ2) is 5.30. The van der Waals surface area contributed by atoms with Gasteiger partial charge in [0.15, 0.2) is 0 Å². The minimum Gasteiger partial charge on any atom is -0.387 e. The quantitative estimate of drug-likeness (QED) is 0.640. The third-order valence-corrected chi connectivity index (χ3v) is 4.01. The first-order valence-electron chi connectivity index (χ1n) is 6.95. The maximum absolute atomic E-state index is 11.2. The summed E-state index contributed by atoms with van der Waals surface area (Å²) in [5.41, 5.74) is 3.48. The van der Waals surface area contributed by atoms with Crippen LogP contribution in [0, 0.1) is 0 Å². The minimum atomic E-state index is -0.505. The second-order valence-corrected chi connectivity index (χ2v) is 5.42. The standard InChI is InChI=1S/C14H20N4O2/c1-18-4-2-3-12(18)11-5-9-7-15-13(6-10(9)16-11)17-14(20)8-19/h5-6,12,15-16,19H,2-4,7-8H2,1H3,(H,17,20)/t12-/m1/s1. The Kier molecular flexibility index (Phi) is 3.50. The topological polar surface area (TPSA) is 80.4 Å². The molecule has 0 spiro atoms. The van der Waals surface area contributed by atoms with E-state index in [1.807, 2.05) is 6.08 Å². The molecular weight excluding hydrogens is 256 g/mol. The highest BCUT2D eigenvalue weighted by Crippen LogP contribution is 2.31. The Morgan fingerprint density at radius 3 is 3.15 bits per heavy atom. The van der Waals surface area contributed by atoms with E-state index in [1.54, 1.807) is 0 Å². The van der Waals surface area contributed by atoms with E-state index in [2.05, 4.69) is 33.6 Å². The van der Waals surface area contributed by atoms with Gasteiger partial charge in [-0.05, 0) is 38.1 Å². The summed E-state index contributed by atoms with van der Waals surface area (Å²) in [5, 5.41) is 14.5. The van der Waals surface area contributed by atoms with Crippen molar-refractivity contribution in [1.29, 1.82) is 0 Å². The predicted octanol–water partition coefficient (Wildman–Crippen LogP) is 0.291. The largest absolute Gasteiger partial charge is 0.387 e. The van der Waals surface area contributed by atoms with Crippen molar-refractivity contribution >= 4 is 12.0 Å². The van der Waals surface area contributed by atoms with Crippen molar-refractivity contribution < 1.29 is 9.90 Å². The van der Waals surface area contributed by atoms with E-state index >= 15 is 0 Å². The number of rotatable bonds is 3. The van der Waals surface area contributed by atoms with E-state index in [-0.39, 0.29) is 0 Å². The number of fused-ring (bicyclic) bond motifs is 1. The third-order valence-electron chi connectivity index (χ3n) is 4.01. The molecule has 2 aliphatic heterocycles. The second-order valence-electron chi connectivity index (χ2n) is 5.42. The summed E-state index contributed by atoms with van der Waals surface area (Å²) in [4.78, 5) is 17.0. The molecule has 1 amide bonds. The number of nitrogens with one attached hydrogen (secondary N) is 3. The molecule has 0 radical (unpaired) electrons. The van der Waals surface area contributed by atoms with E-state index in [0.717, 1.165) is 12.2 Å². The zero-order chi connectivity index (χ0) is 14.1. The fourth-order valence-corrected chi connectivity index (χ4v) is 2.95. The summed E-state index contributed by atoms with van der Waals surface area (Å²) in [6.45, 7) is 1.31. The normalized spacial score (nSPS) is 22.1. The van der Waals surface area contributed by atoms with Gasteiger partial charge in [-0.15, -0.1) is 0 Å². The number of amides is 1. The lowest BCUT2D eigenvalue weighted by Crippen LogP contribution is -2.34. The number of H-pyrrole nitrogens is 1. The van der Waals surface area contributed by atoms with E-state index in [4.69, 9.17) is 5.11 Å². The molecule has 1 aromatic heterocycles. The van der Waals surface area contributed by atoms with Crippen LogP contribution in [0.5, 0.6) is 0 Å². The Morgan fingerprint density at radius 2 is 2.45 bits per heavy atom. The van der Waals surface area contributed by atoms with Gasteiger partial charge in [0.05, 0.1) is 0 Å². The molecule has 3 heterocycles. The molecule has 0 bridgehead atoms. The lowest BCUT2D eigenvalue weighted by molar-refractivity contribution is -0.123. The molecule has 1 saturated heterocycles. The number of carbonyl (C=O) groups excluding carboxylic acids is 1. The Balaban J connectivity index is 1.80. The maximum atomic E-state index is 11.2. The van der Waals surface area contributed by atoms with Crippen LogP contribution in [0.25, 0.3) is 6.08 Å². The van der Waals surface area contributed by atoms with Gasteiger partial charge in [0.1, 0.15) is 12.4 Å². The molecule has 4 N–H and O–H groups in total. The average Bonchev–Trinajstić information content (AvgIpc) is 3.03. The molecule has 0 aliphatic carbocycles. The van der Waals surface area contributed by atoms with Gasteiger partial charge in [0.25, 0.3) is 5.91 Å². The van der Waals surface area contributed by atoms with Crippen molar-refractivity contribution in [3.05, 3.63) is 28.8 Å². The highest BCUT2D eigenvalue weighted by atomic mass is 16.3. The molecule has 1 atom stereocenters. The number of carbonyl (C=O) groups is 1.